The zero-order valence-electron chi connectivity index (χ0n) is 19.4. The summed E-state index contributed by atoms with van der Waals surface area (Å²) < 4.78 is 0. The van der Waals surface area contributed by atoms with Gasteiger partial charge in [-0.1, -0.05) is 76.2 Å². The molecule has 33 heavy (non-hydrogen) atoms. The molecule has 4 amide bonds. The van der Waals surface area contributed by atoms with E-state index in [0.717, 1.165) is 31.2 Å². The normalized spacial score (nSPS) is 17.6. The van der Waals surface area contributed by atoms with E-state index in [9.17, 15) is 9.59 Å². The molecule has 1 aromatic carbocycles. The minimum absolute atomic E-state index is 0. The molecule has 3 rings (SSSR count). The number of hydrogen-bond donors (Lipinski definition) is 3. The molecule has 1 aromatic rings. The highest BCUT2D eigenvalue weighted by molar-refractivity contribution is 6.35. The van der Waals surface area contributed by atoms with E-state index < -0.39 is 0 Å². The lowest BCUT2D eigenvalue weighted by molar-refractivity contribution is 0.169. The second kappa shape index (κ2) is 15.3. The Morgan fingerprint density at radius 3 is 2.21 bits per heavy atom. The predicted molar refractivity (Wildman–Crippen MR) is 136 cm³/mol. The second-order valence-corrected chi connectivity index (χ2v) is 9.37. The number of nitrogens with zero attached hydrogens (tertiary/aromatic N) is 1. The number of carbonyl (C=O) groups is 2. The van der Waals surface area contributed by atoms with Crippen LogP contribution in [-0.2, 0) is 6.54 Å². The summed E-state index contributed by atoms with van der Waals surface area (Å²) >= 11 is 12.1. The Labute approximate surface area is 210 Å². The minimum Gasteiger partial charge on any atom is -0.338 e. The van der Waals surface area contributed by atoms with Gasteiger partial charge in [-0.3, -0.25) is 0 Å². The van der Waals surface area contributed by atoms with Crippen molar-refractivity contribution in [3.8, 4) is 0 Å². The average Bonchev–Trinajstić information content (AvgIpc) is 2.73. The summed E-state index contributed by atoms with van der Waals surface area (Å²) in [6, 6.07) is 6.26. The summed E-state index contributed by atoms with van der Waals surface area (Å²) in [6.45, 7) is 2.39. The van der Waals surface area contributed by atoms with Gasteiger partial charge in [0.25, 0.3) is 0 Å². The van der Waals surface area contributed by atoms with Gasteiger partial charge in [0.1, 0.15) is 0 Å². The smallest absolute Gasteiger partial charge is 0.317 e. The number of carbonyl (C=O) groups excluding carboxylic acids is 2. The van der Waals surface area contributed by atoms with E-state index in [0.29, 0.717) is 42.1 Å². The number of benzene rings is 1. The van der Waals surface area contributed by atoms with Crippen molar-refractivity contribution < 1.29 is 9.59 Å². The van der Waals surface area contributed by atoms with Crippen molar-refractivity contribution in [2.24, 2.45) is 5.92 Å². The maximum absolute atomic E-state index is 12.5. The number of halogens is 2. The lowest BCUT2D eigenvalue weighted by Crippen LogP contribution is -2.46. The van der Waals surface area contributed by atoms with Crippen LogP contribution in [0, 0.1) is 26.8 Å². The zero-order chi connectivity index (χ0) is 22.1. The molecule has 0 aromatic heterocycles. The van der Waals surface area contributed by atoms with Gasteiger partial charge in [0.05, 0.1) is 6.04 Å². The number of piperidine rings is 1. The largest absolute Gasteiger partial charge is 0.338 e. The van der Waals surface area contributed by atoms with Crippen LogP contribution in [0.4, 0.5) is 9.59 Å². The van der Waals surface area contributed by atoms with Gasteiger partial charge in [0.15, 0.2) is 0 Å². The molecule has 1 aliphatic heterocycles. The molecule has 0 unspecified atom stereocenters. The number of hydrogen-bond acceptors (Lipinski definition) is 2. The van der Waals surface area contributed by atoms with E-state index in [2.05, 4.69) is 16.0 Å². The van der Waals surface area contributed by atoms with Gasteiger partial charge in [0, 0.05) is 36.2 Å². The van der Waals surface area contributed by atoms with E-state index in [1.165, 1.54) is 38.1 Å². The van der Waals surface area contributed by atoms with Crippen molar-refractivity contribution in [3.63, 3.8) is 0 Å². The maximum atomic E-state index is 12.5. The van der Waals surface area contributed by atoms with Crippen molar-refractivity contribution >= 4 is 35.3 Å². The van der Waals surface area contributed by atoms with Gasteiger partial charge in [-0.05, 0) is 49.3 Å². The lowest BCUT2D eigenvalue weighted by Gasteiger charge is -2.32. The number of likely N-dealkylation sites (tertiary alicyclic amines) is 1. The van der Waals surface area contributed by atoms with Crippen LogP contribution >= 0.6 is 23.2 Å². The van der Waals surface area contributed by atoms with Gasteiger partial charge in [-0.15, -0.1) is 0 Å². The molecular weight excluding hydrogens is 459 g/mol. The second-order valence-electron chi connectivity index (χ2n) is 8.53. The van der Waals surface area contributed by atoms with Crippen molar-refractivity contribution in [3.05, 3.63) is 54.7 Å². The van der Waals surface area contributed by atoms with E-state index in [4.69, 9.17) is 23.2 Å². The highest BCUT2D eigenvalue weighted by Gasteiger charge is 2.23. The Kier molecular flexibility index (Phi) is 13.6. The molecule has 6 nitrogen and oxygen atoms in total. The number of rotatable bonds is 5. The Bertz CT molecular complexity index is 731. The summed E-state index contributed by atoms with van der Waals surface area (Å²) in [5.74, 6) is 0.392. The summed E-state index contributed by atoms with van der Waals surface area (Å²) in [5.41, 5.74) is 0.840. The van der Waals surface area contributed by atoms with Crippen molar-refractivity contribution in [1.29, 1.82) is 0 Å². The summed E-state index contributed by atoms with van der Waals surface area (Å²) in [7, 11) is 0. The van der Waals surface area contributed by atoms with Crippen LogP contribution < -0.4 is 16.0 Å². The molecule has 8 heteroatoms. The molecule has 3 N–H and O–H groups in total. The van der Waals surface area contributed by atoms with E-state index >= 15 is 0 Å². The van der Waals surface area contributed by atoms with Gasteiger partial charge < -0.3 is 20.9 Å². The predicted octanol–water partition coefficient (Wildman–Crippen LogP) is 6.15. The van der Waals surface area contributed by atoms with E-state index in [-0.39, 0.29) is 26.9 Å². The maximum Gasteiger partial charge on any atom is 0.317 e. The topological polar surface area (TPSA) is 73.5 Å². The highest BCUT2D eigenvalue weighted by Crippen LogP contribution is 2.23. The fourth-order valence-electron chi connectivity index (χ4n) is 4.19. The fraction of sp³-hybridized carbons (Fsp3) is 0.560. The van der Waals surface area contributed by atoms with E-state index in [1.807, 2.05) is 11.0 Å². The first-order valence-corrected chi connectivity index (χ1v) is 12.1. The minimum atomic E-state index is -0.0874. The molecule has 0 atom stereocenters. The Morgan fingerprint density at radius 1 is 0.939 bits per heavy atom. The first-order valence-electron chi connectivity index (χ1n) is 11.4. The standard InChI is InChI=1S/C23H33Cl2N4O2.2CH2/c24-19-9-8-18(21(25)14-19)16-27-23(31)29-12-10-17(11-13-29)15-26-22(30)28-20-6-4-2-1-3-5-7-20;;/h8-9,14,17H,1-7,10-13,15-16H2,(H,27,31)(H2,26,28,30);2*1H2. The third kappa shape index (κ3) is 10.0. The SMILES string of the molecule is O=C(NCC1CCN(C(=O)NCc2ccc(Cl)cc2Cl)CC1)N[C]1CCCCCCC1.[CH2].[CH2]. The molecule has 0 bridgehead atoms. The molecule has 5 radical (unpaired) electrons. The quantitative estimate of drug-likeness (QED) is 0.458. The van der Waals surface area contributed by atoms with Crippen LogP contribution in [0.3, 0.4) is 0 Å². The molecule has 183 valence electrons. The number of urea groups is 2. The molecular formula is C25H37Cl2N4O2. The number of nitrogens with one attached hydrogen (secondary N) is 3. The molecule has 1 heterocycles. The van der Waals surface area contributed by atoms with Gasteiger partial charge in [-0.25, -0.2) is 9.59 Å². The molecule has 0 spiro atoms. The molecule has 1 saturated heterocycles. The molecule has 2 fully saturated rings. The van der Waals surface area contributed by atoms with Crippen molar-refractivity contribution in [2.75, 3.05) is 19.6 Å². The lowest BCUT2D eigenvalue weighted by atomic mass is 9.96. The summed E-state index contributed by atoms with van der Waals surface area (Å²) in [6.07, 6.45) is 9.92. The Balaban J connectivity index is 0.00000272. The Morgan fingerprint density at radius 2 is 1.58 bits per heavy atom. The molecule has 1 aliphatic carbocycles. The molecule has 2 aliphatic rings. The van der Waals surface area contributed by atoms with Crippen LogP contribution in [0.1, 0.15) is 63.4 Å². The van der Waals surface area contributed by atoms with Gasteiger partial charge >= 0.3 is 12.1 Å². The van der Waals surface area contributed by atoms with Crippen LogP contribution in [0.25, 0.3) is 0 Å². The third-order valence-electron chi connectivity index (χ3n) is 6.15. The first-order chi connectivity index (χ1) is 15.0. The Hall–Kier alpha value is -1.66. The monoisotopic (exact) mass is 495 g/mol. The van der Waals surface area contributed by atoms with Crippen LogP contribution in [0.15, 0.2) is 18.2 Å². The average molecular weight is 497 g/mol. The zero-order valence-corrected chi connectivity index (χ0v) is 20.9. The van der Waals surface area contributed by atoms with Crippen LogP contribution in [0.2, 0.25) is 10.0 Å². The number of amides is 4. The molecule has 1 saturated carbocycles. The fourth-order valence-corrected chi connectivity index (χ4v) is 4.66. The third-order valence-corrected chi connectivity index (χ3v) is 6.73. The van der Waals surface area contributed by atoms with Crippen molar-refractivity contribution in [1.82, 2.24) is 20.9 Å². The summed E-state index contributed by atoms with van der Waals surface area (Å²) in [5, 5.41) is 10.1. The van der Waals surface area contributed by atoms with Crippen LogP contribution in [0.5, 0.6) is 0 Å². The first kappa shape index (κ1) is 29.4. The van der Waals surface area contributed by atoms with Crippen molar-refractivity contribution in [2.45, 2.75) is 64.3 Å². The van der Waals surface area contributed by atoms with Gasteiger partial charge in [0.2, 0.25) is 0 Å². The highest BCUT2D eigenvalue weighted by atomic mass is 35.5. The van der Waals surface area contributed by atoms with E-state index in [1.54, 1.807) is 12.1 Å². The van der Waals surface area contributed by atoms with Crippen LogP contribution in [-0.4, -0.2) is 36.6 Å². The summed E-state index contributed by atoms with van der Waals surface area (Å²) in [4.78, 5) is 26.5. The van der Waals surface area contributed by atoms with Gasteiger partial charge in [-0.2, -0.15) is 0 Å².